The molecule has 2 aromatic heterocycles. The maximum Gasteiger partial charge on any atom is 0.290 e. The molecular formula is C18H17ClN4O. The number of fused-ring (bicyclic) bond motifs is 2. The molecule has 1 atom stereocenters. The fourth-order valence-electron chi connectivity index (χ4n) is 3.30. The van der Waals surface area contributed by atoms with E-state index in [1.165, 1.54) is 0 Å². The van der Waals surface area contributed by atoms with E-state index >= 15 is 0 Å². The Balaban J connectivity index is 1.69. The van der Waals surface area contributed by atoms with Crippen molar-refractivity contribution < 1.29 is 4.79 Å². The number of nitrogens with one attached hydrogen (secondary N) is 1. The second-order valence-corrected chi connectivity index (χ2v) is 6.54. The van der Waals surface area contributed by atoms with Crippen molar-refractivity contribution in [3.05, 3.63) is 58.1 Å². The smallest absolute Gasteiger partial charge is 0.290 e. The zero-order chi connectivity index (χ0) is 16.8. The SMILES string of the molecule is Cc1ccc2c(n1)CCN(C(=O)c1nc3cccc(Cl)c3[nH]1)C2C. The van der Waals surface area contributed by atoms with Crippen molar-refractivity contribution in [1.82, 2.24) is 19.9 Å². The molecule has 1 amide bonds. The van der Waals surface area contributed by atoms with Crippen molar-refractivity contribution in [1.29, 1.82) is 0 Å². The fraction of sp³-hybridized carbons (Fsp3) is 0.278. The molecular weight excluding hydrogens is 324 g/mol. The minimum Gasteiger partial charge on any atom is -0.333 e. The summed E-state index contributed by atoms with van der Waals surface area (Å²) in [6.45, 7) is 4.65. The Bertz CT molecular complexity index is 949. The summed E-state index contributed by atoms with van der Waals surface area (Å²) in [5.41, 5.74) is 4.60. The number of aromatic nitrogens is 3. The molecule has 122 valence electrons. The van der Waals surface area contributed by atoms with Gasteiger partial charge in [-0.05, 0) is 37.6 Å². The van der Waals surface area contributed by atoms with Gasteiger partial charge in [-0.25, -0.2) is 4.98 Å². The van der Waals surface area contributed by atoms with Crippen LogP contribution in [0.3, 0.4) is 0 Å². The lowest BCUT2D eigenvalue weighted by molar-refractivity contribution is 0.0665. The molecule has 0 saturated carbocycles. The van der Waals surface area contributed by atoms with E-state index in [4.69, 9.17) is 11.6 Å². The van der Waals surface area contributed by atoms with Crippen LogP contribution >= 0.6 is 11.6 Å². The summed E-state index contributed by atoms with van der Waals surface area (Å²) in [5, 5.41) is 0.566. The van der Waals surface area contributed by atoms with Gasteiger partial charge in [0.15, 0.2) is 5.82 Å². The summed E-state index contributed by atoms with van der Waals surface area (Å²) in [6.07, 6.45) is 0.758. The van der Waals surface area contributed by atoms with Crippen molar-refractivity contribution in [3.63, 3.8) is 0 Å². The summed E-state index contributed by atoms with van der Waals surface area (Å²) < 4.78 is 0. The zero-order valence-electron chi connectivity index (χ0n) is 13.5. The van der Waals surface area contributed by atoms with Gasteiger partial charge >= 0.3 is 0 Å². The number of aromatic amines is 1. The first-order valence-electron chi connectivity index (χ1n) is 7.96. The largest absolute Gasteiger partial charge is 0.333 e. The Morgan fingerprint density at radius 3 is 2.92 bits per heavy atom. The molecule has 1 unspecified atom stereocenters. The van der Waals surface area contributed by atoms with Gasteiger partial charge in [-0.3, -0.25) is 9.78 Å². The number of benzene rings is 1. The van der Waals surface area contributed by atoms with Gasteiger partial charge < -0.3 is 9.88 Å². The lowest BCUT2D eigenvalue weighted by atomic mass is 9.97. The standard InChI is InChI=1S/C18H17ClN4O/c1-10-6-7-12-11(2)23(9-8-14(12)20-10)18(24)17-21-15-5-3-4-13(19)16(15)22-17/h3-7,11H,8-9H2,1-2H3,(H,21,22). The molecule has 3 aromatic rings. The molecule has 1 N–H and O–H groups in total. The fourth-order valence-corrected chi connectivity index (χ4v) is 3.52. The summed E-state index contributed by atoms with van der Waals surface area (Å²) >= 11 is 6.17. The Labute approximate surface area is 144 Å². The van der Waals surface area contributed by atoms with Gasteiger partial charge in [0, 0.05) is 24.4 Å². The molecule has 0 radical (unpaired) electrons. The van der Waals surface area contributed by atoms with Crippen molar-refractivity contribution in [2.75, 3.05) is 6.54 Å². The highest BCUT2D eigenvalue weighted by atomic mass is 35.5. The molecule has 6 heteroatoms. The molecule has 1 aliphatic rings. The van der Waals surface area contributed by atoms with Gasteiger partial charge in [-0.1, -0.05) is 23.7 Å². The number of amides is 1. The molecule has 0 aliphatic carbocycles. The van der Waals surface area contributed by atoms with Crippen LogP contribution in [0, 0.1) is 6.92 Å². The first-order valence-corrected chi connectivity index (χ1v) is 8.34. The van der Waals surface area contributed by atoms with E-state index in [2.05, 4.69) is 21.0 Å². The maximum absolute atomic E-state index is 12.9. The number of carbonyl (C=O) groups is 1. The molecule has 5 nitrogen and oxygen atoms in total. The molecule has 0 saturated heterocycles. The van der Waals surface area contributed by atoms with Crippen LogP contribution in [0.15, 0.2) is 30.3 Å². The molecule has 0 fully saturated rings. The molecule has 3 heterocycles. The normalized spacial score (nSPS) is 17.1. The Morgan fingerprint density at radius 1 is 1.29 bits per heavy atom. The molecule has 0 spiro atoms. The number of halogens is 1. The number of para-hydroxylation sites is 1. The lowest BCUT2D eigenvalue weighted by Gasteiger charge is -2.34. The van der Waals surface area contributed by atoms with Crippen molar-refractivity contribution in [2.24, 2.45) is 0 Å². The quantitative estimate of drug-likeness (QED) is 0.735. The first-order chi connectivity index (χ1) is 11.5. The predicted octanol–water partition coefficient (Wildman–Crippen LogP) is 3.68. The highest BCUT2D eigenvalue weighted by Crippen LogP contribution is 2.30. The molecule has 1 aliphatic heterocycles. The van der Waals surface area contributed by atoms with E-state index in [1.54, 1.807) is 6.07 Å². The summed E-state index contributed by atoms with van der Waals surface area (Å²) in [5.74, 6) is 0.217. The first kappa shape index (κ1) is 15.1. The third-order valence-corrected chi connectivity index (χ3v) is 4.90. The molecule has 1 aromatic carbocycles. The number of pyridine rings is 1. The average Bonchev–Trinajstić information content (AvgIpc) is 3.00. The van der Waals surface area contributed by atoms with Crippen LogP contribution in [-0.2, 0) is 6.42 Å². The number of imidazole rings is 1. The second-order valence-electron chi connectivity index (χ2n) is 6.13. The maximum atomic E-state index is 12.9. The molecule has 24 heavy (non-hydrogen) atoms. The van der Waals surface area contributed by atoms with Crippen LogP contribution in [0.5, 0.6) is 0 Å². The number of nitrogens with zero attached hydrogens (tertiary/aromatic N) is 3. The summed E-state index contributed by atoms with van der Waals surface area (Å²) in [7, 11) is 0. The molecule has 4 rings (SSSR count). The van der Waals surface area contributed by atoms with Crippen molar-refractivity contribution >= 4 is 28.5 Å². The predicted molar refractivity (Wildman–Crippen MR) is 93.2 cm³/mol. The van der Waals surface area contributed by atoms with Gasteiger partial charge in [-0.15, -0.1) is 0 Å². The topological polar surface area (TPSA) is 61.9 Å². The average molecular weight is 341 g/mol. The van der Waals surface area contributed by atoms with Gasteiger partial charge in [0.05, 0.1) is 22.1 Å². The number of carbonyl (C=O) groups excluding carboxylic acids is 1. The van der Waals surface area contributed by atoms with Gasteiger partial charge in [0.2, 0.25) is 0 Å². The van der Waals surface area contributed by atoms with E-state index < -0.39 is 0 Å². The van der Waals surface area contributed by atoms with Crippen LogP contribution in [0.4, 0.5) is 0 Å². The van der Waals surface area contributed by atoms with E-state index in [-0.39, 0.29) is 11.9 Å². The lowest BCUT2D eigenvalue weighted by Crippen LogP contribution is -2.39. The van der Waals surface area contributed by atoms with Gasteiger partial charge in [0.1, 0.15) is 0 Å². The van der Waals surface area contributed by atoms with Gasteiger partial charge in [0.25, 0.3) is 5.91 Å². The van der Waals surface area contributed by atoms with E-state index in [9.17, 15) is 4.79 Å². The zero-order valence-corrected chi connectivity index (χ0v) is 14.3. The van der Waals surface area contributed by atoms with Gasteiger partial charge in [-0.2, -0.15) is 0 Å². The number of H-pyrrole nitrogens is 1. The number of rotatable bonds is 1. The third-order valence-electron chi connectivity index (χ3n) is 4.59. The third kappa shape index (κ3) is 2.36. The van der Waals surface area contributed by atoms with E-state index in [0.29, 0.717) is 28.4 Å². The second kappa shape index (κ2) is 5.60. The van der Waals surface area contributed by atoms with Crippen LogP contribution in [-0.4, -0.2) is 32.3 Å². The Hall–Kier alpha value is -2.40. The van der Waals surface area contributed by atoms with Crippen LogP contribution in [0.25, 0.3) is 11.0 Å². The van der Waals surface area contributed by atoms with Crippen LogP contribution < -0.4 is 0 Å². The number of aryl methyl sites for hydroxylation is 1. The number of hydrogen-bond acceptors (Lipinski definition) is 3. The Morgan fingerprint density at radius 2 is 2.12 bits per heavy atom. The Kier molecular flexibility index (Phi) is 3.53. The summed E-state index contributed by atoms with van der Waals surface area (Å²) in [6, 6.07) is 9.48. The number of hydrogen-bond donors (Lipinski definition) is 1. The minimum atomic E-state index is -0.110. The van der Waals surface area contributed by atoms with E-state index in [0.717, 1.165) is 23.4 Å². The highest BCUT2D eigenvalue weighted by Gasteiger charge is 2.30. The minimum absolute atomic E-state index is 0.0296. The van der Waals surface area contributed by atoms with Crippen molar-refractivity contribution in [3.8, 4) is 0 Å². The monoisotopic (exact) mass is 340 g/mol. The van der Waals surface area contributed by atoms with Crippen molar-refractivity contribution in [2.45, 2.75) is 26.3 Å². The summed E-state index contributed by atoms with van der Waals surface area (Å²) in [4.78, 5) is 26.8. The molecule has 0 bridgehead atoms. The highest BCUT2D eigenvalue weighted by molar-refractivity contribution is 6.35. The van der Waals surface area contributed by atoms with Crippen LogP contribution in [0.1, 0.15) is 40.5 Å². The van der Waals surface area contributed by atoms with E-state index in [1.807, 2.05) is 36.9 Å². The van der Waals surface area contributed by atoms with Crippen LogP contribution in [0.2, 0.25) is 5.02 Å².